The van der Waals surface area contributed by atoms with E-state index >= 15 is 0 Å². The van der Waals surface area contributed by atoms with E-state index in [1.54, 1.807) is 11.3 Å². The first-order valence-electron chi connectivity index (χ1n) is 6.04. The molecule has 0 saturated carbocycles. The number of aryl methyl sites for hydroxylation is 1. The summed E-state index contributed by atoms with van der Waals surface area (Å²) in [5, 5.41) is 6.56. The highest BCUT2D eigenvalue weighted by Crippen LogP contribution is 2.16. The zero-order valence-corrected chi connectivity index (χ0v) is 11.6. The van der Waals surface area contributed by atoms with E-state index in [2.05, 4.69) is 27.8 Å². The number of nitrogens with one attached hydrogen (secondary N) is 1. The van der Waals surface area contributed by atoms with Crippen LogP contribution in [-0.4, -0.2) is 11.5 Å². The van der Waals surface area contributed by atoms with Crippen LogP contribution in [-0.2, 0) is 12.1 Å². The van der Waals surface area contributed by atoms with Crippen LogP contribution in [0.4, 0.5) is 0 Å². The number of thiazole rings is 1. The molecule has 1 unspecified atom stereocenters. The zero-order valence-electron chi connectivity index (χ0n) is 10.8. The van der Waals surface area contributed by atoms with Gasteiger partial charge in [0.15, 0.2) is 0 Å². The largest absolute Gasteiger partial charge is 0.321 e. The van der Waals surface area contributed by atoms with E-state index in [1.807, 2.05) is 32.0 Å². The minimum Gasteiger partial charge on any atom is -0.321 e. The topological polar surface area (TPSA) is 50.9 Å². The predicted molar refractivity (Wildman–Crippen MR) is 76.5 cm³/mol. The summed E-state index contributed by atoms with van der Waals surface area (Å²) in [6, 6.07) is 10.2. The van der Waals surface area contributed by atoms with Gasteiger partial charge >= 0.3 is 0 Å². The Balaban J connectivity index is 1.89. The lowest BCUT2D eigenvalue weighted by Gasteiger charge is -2.25. The van der Waals surface area contributed by atoms with Crippen LogP contribution < -0.4 is 11.1 Å². The molecule has 0 spiro atoms. The maximum atomic E-state index is 6.33. The summed E-state index contributed by atoms with van der Waals surface area (Å²) in [6.07, 6.45) is 0. The lowest BCUT2D eigenvalue weighted by Crippen LogP contribution is -2.43. The summed E-state index contributed by atoms with van der Waals surface area (Å²) in [7, 11) is 0. The summed E-state index contributed by atoms with van der Waals surface area (Å²) < 4.78 is 0. The van der Waals surface area contributed by atoms with Gasteiger partial charge in [-0.05, 0) is 19.4 Å². The highest BCUT2D eigenvalue weighted by atomic mass is 32.1. The van der Waals surface area contributed by atoms with Gasteiger partial charge < -0.3 is 11.1 Å². The van der Waals surface area contributed by atoms with E-state index in [-0.39, 0.29) is 5.54 Å². The van der Waals surface area contributed by atoms with Crippen LogP contribution in [0, 0.1) is 6.92 Å². The van der Waals surface area contributed by atoms with Crippen molar-refractivity contribution in [3.8, 4) is 0 Å². The molecule has 2 aromatic rings. The number of rotatable bonds is 5. The van der Waals surface area contributed by atoms with Gasteiger partial charge in [0.05, 0.1) is 16.2 Å². The standard InChI is InChI=1S/C14H19N3S/c1-11-17-13(9-18-11)8-16-10-14(2,15)12-6-4-3-5-7-12/h3-7,9,16H,8,10,15H2,1-2H3. The second kappa shape index (κ2) is 5.61. The second-order valence-electron chi connectivity index (χ2n) is 4.74. The summed E-state index contributed by atoms with van der Waals surface area (Å²) in [4.78, 5) is 4.42. The smallest absolute Gasteiger partial charge is 0.0897 e. The van der Waals surface area contributed by atoms with Gasteiger partial charge in [-0.15, -0.1) is 11.3 Å². The van der Waals surface area contributed by atoms with Crippen LogP contribution in [0.2, 0.25) is 0 Å². The van der Waals surface area contributed by atoms with E-state index in [4.69, 9.17) is 5.73 Å². The van der Waals surface area contributed by atoms with Gasteiger partial charge in [-0.25, -0.2) is 4.98 Å². The van der Waals surface area contributed by atoms with Gasteiger partial charge in [-0.3, -0.25) is 0 Å². The predicted octanol–water partition coefficient (Wildman–Crippen LogP) is 2.42. The summed E-state index contributed by atoms with van der Waals surface area (Å²) in [6.45, 7) is 5.56. The number of hydrogen-bond acceptors (Lipinski definition) is 4. The maximum Gasteiger partial charge on any atom is 0.0897 e. The Morgan fingerprint density at radius 2 is 2.06 bits per heavy atom. The molecule has 0 bridgehead atoms. The van der Waals surface area contributed by atoms with Crippen LogP contribution in [0.1, 0.15) is 23.2 Å². The van der Waals surface area contributed by atoms with Gasteiger partial charge in [0, 0.05) is 18.5 Å². The fourth-order valence-corrected chi connectivity index (χ4v) is 2.47. The molecule has 0 amide bonds. The number of hydrogen-bond donors (Lipinski definition) is 2. The lowest BCUT2D eigenvalue weighted by atomic mass is 9.93. The van der Waals surface area contributed by atoms with Crippen molar-refractivity contribution >= 4 is 11.3 Å². The van der Waals surface area contributed by atoms with E-state index in [0.29, 0.717) is 0 Å². The van der Waals surface area contributed by atoms with Crippen molar-refractivity contribution in [1.29, 1.82) is 0 Å². The van der Waals surface area contributed by atoms with Crippen LogP contribution in [0.25, 0.3) is 0 Å². The molecule has 0 aliphatic heterocycles. The summed E-state index contributed by atoms with van der Waals surface area (Å²) in [5.74, 6) is 0. The van der Waals surface area contributed by atoms with E-state index in [9.17, 15) is 0 Å². The highest BCUT2D eigenvalue weighted by Gasteiger charge is 2.20. The molecule has 1 heterocycles. The van der Waals surface area contributed by atoms with E-state index in [1.165, 1.54) is 0 Å². The number of benzene rings is 1. The van der Waals surface area contributed by atoms with Crippen molar-refractivity contribution in [2.24, 2.45) is 5.73 Å². The molecule has 1 atom stereocenters. The van der Waals surface area contributed by atoms with Crippen molar-refractivity contribution in [1.82, 2.24) is 10.3 Å². The first-order chi connectivity index (χ1) is 8.58. The molecule has 1 aromatic carbocycles. The van der Waals surface area contributed by atoms with Gasteiger partial charge in [0.1, 0.15) is 0 Å². The highest BCUT2D eigenvalue weighted by molar-refractivity contribution is 7.09. The van der Waals surface area contributed by atoms with Crippen LogP contribution in [0.5, 0.6) is 0 Å². The van der Waals surface area contributed by atoms with Crippen molar-refractivity contribution in [3.63, 3.8) is 0 Å². The molecule has 0 aliphatic carbocycles. The monoisotopic (exact) mass is 261 g/mol. The normalized spacial score (nSPS) is 14.4. The SMILES string of the molecule is Cc1nc(CNCC(C)(N)c2ccccc2)cs1. The number of nitrogens with two attached hydrogens (primary N) is 1. The van der Waals surface area contributed by atoms with Crippen LogP contribution >= 0.6 is 11.3 Å². The fraction of sp³-hybridized carbons (Fsp3) is 0.357. The molecule has 96 valence electrons. The Morgan fingerprint density at radius 1 is 1.33 bits per heavy atom. The van der Waals surface area contributed by atoms with E-state index in [0.717, 1.165) is 29.4 Å². The third kappa shape index (κ3) is 3.38. The van der Waals surface area contributed by atoms with Crippen molar-refractivity contribution < 1.29 is 0 Å². The molecular formula is C14H19N3S. The first kappa shape index (κ1) is 13.2. The quantitative estimate of drug-likeness (QED) is 0.869. The van der Waals surface area contributed by atoms with Gasteiger partial charge in [0.25, 0.3) is 0 Å². The number of aromatic nitrogens is 1. The third-order valence-corrected chi connectivity index (χ3v) is 3.72. The average Bonchev–Trinajstić information content (AvgIpc) is 2.76. The Labute approximate surface area is 112 Å². The zero-order chi connectivity index (χ0) is 13.0. The lowest BCUT2D eigenvalue weighted by molar-refractivity contribution is 0.444. The Morgan fingerprint density at radius 3 is 2.67 bits per heavy atom. The molecule has 0 saturated heterocycles. The summed E-state index contributed by atoms with van der Waals surface area (Å²) in [5.41, 5.74) is 8.20. The molecule has 0 aliphatic rings. The molecule has 2 rings (SSSR count). The molecule has 4 heteroatoms. The van der Waals surface area contributed by atoms with Gasteiger partial charge in [-0.2, -0.15) is 0 Å². The molecule has 3 nitrogen and oxygen atoms in total. The van der Waals surface area contributed by atoms with Crippen molar-refractivity contribution in [2.75, 3.05) is 6.54 Å². The Bertz CT molecular complexity index is 491. The fourth-order valence-electron chi connectivity index (χ4n) is 1.86. The molecule has 1 aromatic heterocycles. The van der Waals surface area contributed by atoms with Gasteiger partial charge in [0.2, 0.25) is 0 Å². The minimum absolute atomic E-state index is 0.355. The first-order valence-corrected chi connectivity index (χ1v) is 6.92. The second-order valence-corrected chi connectivity index (χ2v) is 5.81. The van der Waals surface area contributed by atoms with Gasteiger partial charge in [-0.1, -0.05) is 30.3 Å². The van der Waals surface area contributed by atoms with E-state index < -0.39 is 0 Å². The van der Waals surface area contributed by atoms with Crippen LogP contribution in [0.15, 0.2) is 35.7 Å². The average molecular weight is 261 g/mol. The van der Waals surface area contributed by atoms with Crippen LogP contribution in [0.3, 0.4) is 0 Å². The molecular weight excluding hydrogens is 242 g/mol. The van der Waals surface area contributed by atoms with Crippen molar-refractivity contribution in [3.05, 3.63) is 52.0 Å². The molecule has 0 fully saturated rings. The minimum atomic E-state index is -0.355. The third-order valence-electron chi connectivity index (χ3n) is 2.90. The molecule has 3 N–H and O–H groups in total. The summed E-state index contributed by atoms with van der Waals surface area (Å²) >= 11 is 1.68. The molecule has 0 radical (unpaired) electrons. The molecule has 18 heavy (non-hydrogen) atoms. The maximum absolute atomic E-state index is 6.33. The Kier molecular flexibility index (Phi) is 4.11. The number of nitrogens with zero attached hydrogens (tertiary/aromatic N) is 1. The van der Waals surface area contributed by atoms with Crippen molar-refractivity contribution in [2.45, 2.75) is 25.9 Å². The Hall–Kier alpha value is -1.23.